The zero-order chi connectivity index (χ0) is 20.9. The van der Waals surface area contributed by atoms with Crippen LogP contribution in [-0.2, 0) is 6.42 Å². The molecule has 1 fully saturated rings. The van der Waals surface area contributed by atoms with E-state index in [0.29, 0.717) is 11.6 Å². The number of amides is 1. The van der Waals surface area contributed by atoms with Crippen molar-refractivity contribution in [3.63, 3.8) is 0 Å². The van der Waals surface area contributed by atoms with Gasteiger partial charge in [-0.15, -0.1) is 10.2 Å². The first-order chi connectivity index (χ1) is 14.6. The summed E-state index contributed by atoms with van der Waals surface area (Å²) in [5, 5.41) is 11.5. The lowest BCUT2D eigenvalue weighted by molar-refractivity contribution is 0.102. The SMILES string of the molecule is Cc1cccc(C)c1NC(=O)c1ccc(N2CCC(Cc3ccccc3)CC2)nn1. The summed E-state index contributed by atoms with van der Waals surface area (Å²) in [6, 6.07) is 20.3. The molecule has 0 aliphatic carbocycles. The number of hydrogen-bond acceptors (Lipinski definition) is 4. The van der Waals surface area contributed by atoms with Crippen LogP contribution in [0.4, 0.5) is 11.5 Å². The van der Waals surface area contributed by atoms with E-state index in [-0.39, 0.29) is 5.91 Å². The highest BCUT2D eigenvalue weighted by Crippen LogP contribution is 2.25. The van der Waals surface area contributed by atoms with Crippen LogP contribution >= 0.6 is 0 Å². The zero-order valence-corrected chi connectivity index (χ0v) is 17.6. The Labute approximate surface area is 178 Å². The van der Waals surface area contributed by atoms with Crippen molar-refractivity contribution in [1.82, 2.24) is 10.2 Å². The molecule has 1 aromatic heterocycles. The first-order valence-electron chi connectivity index (χ1n) is 10.6. The van der Waals surface area contributed by atoms with E-state index in [2.05, 4.69) is 50.7 Å². The second-order valence-electron chi connectivity index (χ2n) is 8.12. The van der Waals surface area contributed by atoms with Gasteiger partial charge in [0, 0.05) is 18.8 Å². The number of hydrogen-bond donors (Lipinski definition) is 1. The predicted octanol–water partition coefficient (Wildman–Crippen LogP) is 4.80. The maximum Gasteiger partial charge on any atom is 0.276 e. The molecular formula is C25H28N4O. The minimum atomic E-state index is -0.229. The summed E-state index contributed by atoms with van der Waals surface area (Å²) in [6.45, 7) is 5.91. The van der Waals surface area contributed by atoms with Gasteiger partial charge < -0.3 is 10.2 Å². The second kappa shape index (κ2) is 9.08. The highest BCUT2D eigenvalue weighted by atomic mass is 16.1. The first kappa shape index (κ1) is 20.1. The van der Waals surface area contributed by atoms with Gasteiger partial charge in [-0.3, -0.25) is 4.79 Å². The molecule has 5 heteroatoms. The lowest BCUT2D eigenvalue weighted by atomic mass is 9.90. The number of carbonyl (C=O) groups excluding carboxylic acids is 1. The molecule has 0 unspecified atom stereocenters. The molecule has 1 aliphatic rings. The van der Waals surface area contributed by atoms with Gasteiger partial charge in [-0.2, -0.15) is 0 Å². The van der Waals surface area contributed by atoms with Crippen molar-refractivity contribution in [2.75, 3.05) is 23.3 Å². The van der Waals surface area contributed by atoms with E-state index in [1.807, 2.05) is 38.1 Å². The van der Waals surface area contributed by atoms with E-state index >= 15 is 0 Å². The standard InChI is InChI=1S/C25H28N4O/c1-18-7-6-8-19(2)24(18)26-25(30)22-11-12-23(28-27-22)29-15-13-21(14-16-29)17-20-9-4-3-5-10-20/h3-12,21H,13-17H2,1-2H3,(H,26,30). The smallest absolute Gasteiger partial charge is 0.276 e. The second-order valence-corrected chi connectivity index (χ2v) is 8.12. The Balaban J connectivity index is 1.34. The Morgan fingerprint density at radius 3 is 2.27 bits per heavy atom. The number of piperidine rings is 1. The highest BCUT2D eigenvalue weighted by Gasteiger charge is 2.21. The van der Waals surface area contributed by atoms with Crippen LogP contribution in [0, 0.1) is 19.8 Å². The fourth-order valence-corrected chi connectivity index (χ4v) is 4.12. The lowest BCUT2D eigenvalue weighted by Gasteiger charge is -2.32. The molecule has 0 radical (unpaired) electrons. The van der Waals surface area contributed by atoms with Crippen LogP contribution in [0.15, 0.2) is 60.7 Å². The van der Waals surface area contributed by atoms with Gasteiger partial charge in [0.15, 0.2) is 11.5 Å². The van der Waals surface area contributed by atoms with Crippen molar-refractivity contribution in [3.8, 4) is 0 Å². The largest absolute Gasteiger partial charge is 0.355 e. The molecule has 4 rings (SSSR count). The molecule has 2 aromatic carbocycles. The van der Waals surface area contributed by atoms with Crippen LogP contribution in [-0.4, -0.2) is 29.2 Å². The van der Waals surface area contributed by atoms with Crippen molar-refractivity contribution in [3.05, 3.63) is 83.0 Å². The van der Waals surface area contributed by atoms with Crippen molar-refractivity contribution >= 4 is 17.4 Å². The molecule has 1 N–H and O–H groups in total. The molecule has 30 heavy (non-hydrogen) atoms. The monoisotopic (exact) mass is 400 g/mol. The molecule has 2 heterocycles. The van der Waals surface area contributed by atoms with Crippen LogP contribution in [0.2, 0.25) is 0 Å². The molecule has 0 spiro atoms. The number of nitrogens with one attached hydrogen (secondary N) is 1. The van der Waals surface area contributed by atoms with Crippen molar-refractivity contribution < 1.29 is 4.79 Å². The third-order valence-electron chi connectivity index (χ3n) is 5.91. The Morgan fingerprint density at radius 1 is 0.933 bits per heavy atom. The van der Waals surface area contributed by atoms with E-state index in [4.69, 9.17) is 0 Å². The van der Waals surface area contributed by atoms with Gasteiger partial charge in [0.05, 0.1) is 0 Å². The summed E-state index contributed by atoms with van der Waals surface area (Å²) < 4.78 is 0. The fraction of sp³-hybridized carbons (Fsp3) is 0.320. The normalized spacial score (nSPS) is 14.5. The number of carbonyl (C=O) groups is 1. The summed E-state index contributed by atoms with van der Waals surface area (Å²) >= 11 is 0. The van der Waals surface area contributed by atoms with Crippen molar-refractivity contribution in [2.45, 2.75) is 33.1 Å². The third-order valence-corrected chi connectivity index (χ3v) is 5.91. The summed E-state index contributed by atoms with van der Waals surface area (Å²) in [4.78, 5) is 14.9. The van der Waals surface area contributed by atoms with E-state index < -0.39 is 0 Å². The van der Waals surface area contributed by atoms with Gasteiger partial charge in [-0.1, -0.05) is 48.5 Å². The highest BCUT2D eigenvalue weighted by molar-refractivity contribution is 6.03. The molecule has 1 saturated heterocycles. The zero-order valence-electron chi connectivity index (χ0n) is 17.6. The van der Waals surface area contributed by atoms with E-state index in [1.54, 1.807) is 6.07 Å². The van der Waals surface area contributed by atoms with Gasteiger partial charge in [0.2, 0.25) is 0 Å². The number of benzene rings is 2. The lowest BCUT2D eigenvalue weighted by Crippen LogP contribution is -2.35. The Kier molecular flexibility index (Phi) is 6.07. The van der Waals surface area contributed by atoms with Crippen LogP contribution < -0.4 is 10.2 Å². The Hall–Kier alpha value is -3.21. The van der Waals surface area contributed by atoms with Gasteiger partial charge in [-0.25, -0.2) is 0 Å². The number of rotatable bonds is 5. The molecule has 1 aliphatic heterocycles. The van der Waals surface area contributed by atoms with E-state index in [9.17, 15) is 4.79 Å². The number of para-hydroxylation sites is 1. The van der Waals surface area contributed by atoms with Gasteiger partial charge in [-0.05, 0) is 67.9 Å². The Bertz CT molecular complexity index is 973. The summed E-state index contributed by atoms with van der Waals surface area (Å²) in [7, 11) is 0. The predicted molar refractivity (Wildman–Crippen MR) is 121 cm³/mol. The average Bonchev–Trinajstić information content (AvgIpc) is 2.78. The summed E-state index contributed by atoms with van der Waals surface area (Å²) in [6.07, 6.45) is 3.43. The third kappa shape index (κ3) is 4.67. The average molecular weight is 401 g/mol. The molecule has 3 aromatic rings. The first-order valence-corrected chi connectivity index (χ1v) is 10.6. The summed E-state index contributed by atoms with van der Waals surface area (Å²) in [5.74, 6) is 1.32. The van der Waals surface area contributed by atoms with Crippen LogP contribution in [0.1, 0.15) is 40.0 Å². The molecule has 0 atom stereocenters. The van der Waals surface area contributed by atoms with Crippen molar-refractivity contribution in [1.29, 1.82) is 0 Å². The number of aryl methyl sites for hydroxylation is 2. The van der Waals surface area contributed by atoms with Gasteiger partial charge >= 0.3 is 0 Å². The topological polar surface area (TPSA) is 58.1 Å². The molecule has 1 amide bonds. The molecule has 5 nitrogen and oxygen atoms in total. The maximum atomic E-state index is 12.6. The molecular weight excluding hydrogens is 372 g/mol. The van der Waals surface area contributed by atoms with Crippen LogP contribution in [0.3, 0.4) is 0 Å². The molecule has 154 valence electrons. The van der Waals surface area contributed by atoms with Gasteiger partial charge in [0.1, 0.15) is 0 Å². The van der Waals surface area contributed by atoms with Gasteiger partial charge in [0.25, 0.3) is 5.91 Å². The Morgan fingerprint density at radius 2 is 1.63 bits per heavy atom. The minimum Gasteiger partial charge on any atom is -0.355 e. The maximum absolute atomic E-state index is 12.6. The van der Waals surface area contributed by atoms with Crippen LogP contribution in [0.25, 0.3) is 0 Å². The summed E-state index contributed by atoms with van der Waals surface area (Å²) in [5.41, 5.74) is 4.65. The van der Waals surface area contributed by atoms with E-state index in [0.717, 1.165) is 55.0 Å². The fourth-order valence-electron chi connectivity index (χ4n) is 4.12. The van der Waals surface area contributed by atoms with E-state index in [1.165, 1.54) is 5.56 Å². The molecule has 0 bridgehead atoms. The van der Waals surface area contributed by atoms with Crippen LogP contribution in [0.5, 0.6) is 0 Å². The number of nitrogens with zero attached hydrogens (tertiary/aromatic N) is 3. The number of aromatic nitrogens is 2. The quantitative estimate of drug-likeness (QED) is 0.668. The van der Waals surface area contributed by atoms with Crippen molar-refractivity contribution in [2.24, 2.45) is 5.92 Å². The number of anilines is 2. The minimum absolute atomic E-state index is 0.229. The molecule has 0 saturated carbocycles.